The highest BCUT2D eigenvalue weighted by atomic mass is 31.1. The fraction of sp³-hybridized carbons (Fsp3) is 1.00. The van der Waals surface area contributed by atoms with Crippen LogP contribution < -0.4 is 0 Å². The van der Waals surface area contributed by atoms with Crippen LogP contribution in [0.25, 0.3) is 0 Å². The van der Waals surface area contributed by atoms with E-state index in [2.05, 4.69) is 9.34 Å². The van der Waals surface area contributed by atoms with Crippen molar-refractivity contribution in [2.45, 2.75) is 38.5 Å². The molecular formula is C10H21N2OP. The van der Waals surface area contributed by atoms with Crippen LogP contribution in [0.1, 0.15) is 38.5 Å². The Morgan fingerprint density at radius 3 is 1.36 bits per heavy atom. The van der Waals surface area contributed by atoms with Gasteiger partial charge in [-0.05, 0) is 25.7 Å². The molecule has 0 aliphatic carbocycles. The zero-order chi connectivity index (χ0) is 9.80. The second-order valence-electron chi connectivity index (χ2n) is 4.38. The van der Waals surface area contributed by atoms with Gasteiger partial charge in [0.15, 0.2) is 0 Å². The first-order chi connectivity index (χ1) is 6.88. The summed E-state index contributed by atoms with van der Waals surface area (Å²) in [4.78, 5) is 0. The summed E-state index contributed by atoms with van der Waals surface area (Å²) >= 11 is 0. The molecule has 82 valence electrons. The van der Waals surface area contributed by atoms with Gasteiger partial charge >= 0.3 is 0 Å². The molecule has 2 heterocycles. The highest BCUT2D eigenvalue weighted by Gasteiger charge is 2.22. The maximum atomic E-state index is 12.2. The zero-order valence-corrected chi connectivity index (χ0v) is 9.87. The lowest BCUT2D eigenvalue weighted by Crippen LogP contribution is -2.32. The monoisotopic (exact) mass is 216 g/mol. The Bertz CT molecular complexity index is 178. The predicted octanol–water partition coefficient (Wildman–Crippen LogP) is 2.35. The van der Waals surface area contributed by atoms with Gasteiger partial charge in [-0.3, -0.25) is 4.57 Å². The van der Waals surface area contributed by atoms with Crippen LogP contribution in [-0.2, 0) is 4.57 Å². The third-order valence-corrected chi connectivity index (χ3v) is 5.23. The maximum Gasteiger partial charge on any atom is 0.204 e. The van der Waals surface area contributed by atoms with E-state index in [1.807, 2.05) is 0 Å². The van der Waals surface area contributed by atoms with Crippen LogP contribution in [0.5, 0.6) is 0 Å². The number of hydrogen-bond acceptors (Lipinski definition) is 1. The Balaban J connectivity index is 1.85. The molecule has 2 aliphatic rings. The number of piperidine rings is 2. The molecular weight excluding hydrogens is 195 g/mol. The topological polar surface area (TPSA) is 23.6 Å². The Morgan fingerprint density at radius 2 is 1.00 bits per heavy atom. The van der Waals surface area contributed by atoms with E-state index in [-0.39, 0.29) is 0 Å². The van der Waals surface area contributed by atoms with Crippen LogP contribution in [-0.4, -0.2) is 35.5 Å². The molecule has 4 heteroatoms. The van der Waals surface area contributed by atoms with E-state index in [1.54, 1.807) is 0 Å². The lowest BCUT2D eigenvalue weighted by atomic mass is 10.2. The first-order valence-corrected chi connectivity index (χ1v) is 7.22. The minimum atomic E-state index is -1.57. The molecule has 2 rings (SSSR count). The largest absolute Gasteiger partial charge is 0.292 e. The van der Waals surface area contributed by atoms with Crippen molar-refractivity contribution < 1.29 is 4.57 Å². The third kappa shape index (κ3) is 2.59. The van der Waals surface area contributed by atoms with Crippen LogP contribution in [0.4, 0.5) is 0 Å². The number of hydrogen-bond donors (Lipinski definition) is 0. The Hall–Kier alpha value is 0.150. The summed E-state index contributed by atoms with van der Waals surface area (Å²) in [5.41, 5.74) is 0. The van der Waals surface area contributed by atoms with E-state index < -0.39 is 8.10 Å². The van der Waals surface area contributed by atoms with E-state index in [0.29, 0.717) is 0 Å². The molecule has 3 nitrogen and oxygen atoms in total. The lowest BCUT2D eigenvalue weighted by molar-refractivity contribution is 0.291. The smallest absolute Gasteiger partial charge is 0.204 e. The van der Waals surface area contributed by atoms with E-state index in [0.717, 1.165) is 26.2 Å². The average molecular weight is 216 g/mol. The molecule has 2 saturated heterocycles. The Kier molecular flexibility index (Phi) is 4.03. The van der Waals surface area contributed by atoms with Gasteiger partial charge in [0.05, 0.1) is 0 Å². The standard InChI is InChI=1S/C10H21N2OP/c13-14(11-7-3-1-4-8-11)12-9-5-2-6-10-12/h14H,1-10H2. The van der Waals surface area contributed by atoms with Gasteiger partial charge in [0.1, 0.15) is 0 Å². The molecule has 0 saturated carbocycles. The van der Waals surface area contributed by atoms with Gasteiger partial charge in [0, 0.05) is 26.2 Å². The Morgan fingerprint density at radius 1 is 0.643 bits per heavy atom. The van der Waals surface area contributed by atoms with E-state index in [1.165, 1.54) is 38.5 Å². The van der Waals surface area contributed by atoms with Crippen molar-refractivity contribution >= 4 is 8.10 Å². The molecule has 0 aromatic heterocycles. The van der Waals surface area contributed by atoms with Crippen LogP contribution in [0.3, 0.4) is 0 Å². The molecule has 0 aromatic carbocycles. The van der Waals surface area contributed by atoms with Crippen LogP contribution in [0, 0.1) is 0 Å². The fourth-order valence-corrected chi connectivity index (χ4v) is 4.17. The molecule has 0 atom stereocenters. The van der Waals surface area contributed by atoms with E-state index >= 15 is 0 Å². The zero-order valence-electron chi connectivity index (χ0n) is 8.87. The minimum Gasteiger partial charge on any atom is -0.292 e. The SMILES string of the molecule is O=[PH](N1CCCCC1)N1CCCCC1. The number of rotatable bonds is 2. The molecule has 0 amide bonds. The van der Waals surface area contributed by atoms with Gasteiger partial charge < -0.3 is 0 Å². The summed E-state index contributed by atoms with van der Waals surface area (Å²) in [6.45, 7) is 4.26. The lowest BCUT2D eigenvalue weighted by Gasteiger charge is -2.33. The van der Waals surface area contributed by atoms with Crippen molar-refractivity contribution in [2.24, 2.45) is 0 Å². The molecule has 2 aliphatic heterocycles. The van der Waals surface area contributed by atoms with Crippen LogP contribution in [0.2, 0.25) is 0 Å². The molecule has 0 N–H and O–H groups in total. The molecule has 0 bridgehead atoms. The maximum absolute atomic E-state index is 12.2. The van der Waals surface area contributed by atoms with E-state index in [9.17, 15) is 4.57 Å². The quantitative estimate of drug-likeness (QED) is 0.662. The van der Waals surface area contributed by atoms with Crippen molar-refractivity contribution in [1.82, 2.24) is 9.34 Å². The van der Waals surface area contributed by atoms with Gasteiger partial charge in [0.2, 0.25) is 8.10 Å². The van der Waals surface area contributed by atoms with Gasteiger partial charge in [-0.15, -0.1) is 0 Å². The second kappa shape index (κ2) is 5.29. The van der Waals surface area contributed by atoms with E-state index in [4.69, 9.17) is 0 Å². The van der Waals surface area contributed by atoms with Crippen molar-refractivity contribution in [2.75, 3.05) is 26.2 Å². The second-order valence-corrected chi connectivity index (χ2v) is 6.21. The first-order valence-electron chi connectivity index (χ1n) is 5.92. The molecule has 0 aromatic rings. The minimum absolute atomic E-state index is 1.06. The highest BCUT2D eigenvalue weighted by Crippen LogP contribution is 2.36. The van der Waals surface area contributed by atoms with Gasteiger partial charge in [0.25, 0.3) is 0 Å². The van der Waals surface area contributed by atoms with Gasteiger partial charge in [-0.2, -0.15) is 0 Å². The average Bonchev–Trinajstić information content (AvgIpc) is 2.30. The predicted molar refractivity (Wildman–Crippen MR) is 59.8 cm³/mol. The summed E-state index contributed by atoms with van der Waals surface area (Å²) in [6, 6.07) is 0. The van der Waals surface area contributed by atoms with Crippen molar-refractivity contribution in [3.63, 3.8) is 0 Å². The summed E-state index contributed by atoms with van der Waals surface area (Å²) in [6.07, 6.45) is 7.61. The van der Waals surface area contributed by atoms with Gasteiger partial charge in [-0.1, -0.05) is 12.8 Å². The van der Waals surface area contributed by atoms with Crippen molar-refractivity contribution in [1.29, 1.82) is 0 Å². The summed E-state index contributed by atoms with van der Waals surface area (Å²) in [5, 5.41) is 0. The highest BCUT2D eigenvalue weighted by molar-refractivity contribution is 7.39. The molecule has 0 radical (unpaired) electrons. The van der Waals surface area contributed by atoms with Crippen molar-refractivity contribution in [3.8, 4) is 0 Å². The molecule has 14 heavy (non-hydrogen) atoms. The first kappa shape index (κ1) is 10.7. The van der Waals surface area contributed by atoms with Crippen LogP contribution >= 0.6 is 8.10 Å². The fourth-order valence-electron chi connectivity index (χ4n) is 2.37. The summed E-state index contributed by atoms with van der Waals surface area (Å²) < 4.78 is 16.6. The summed E-state index contributed by atoms with van der Waals surface area (Å²) in [5.74, 6) is 0. The Labute approximate surface area is 87.3 Å². The van der Waals surface area contributed by atoms with Gasteiger partial charge in [-0.25, -0.2) is 9.34 Å². The summed E-state index contributed by atoms with van der Waals surface area (Å²) in [7, 11) is -1.57. The molecule has 0 unspecified atom stereocenters. The normalized spacial score (nSPS) is 26.9. The molecule has 2 fully saturated rings. The van der Waals surface area contributed by atoms with Crippen LogP contribution in [0.15, 0.2) is 0 Å². The molecule has 0 spiro atoms. The third-order valence-electron chi connectivity index (χ3n) is 3.25. The number of nitrogens with zero attached hydrogens (tertiary/aromatic N) is 2. The van der Waals surface area contributed by atoms with Crippen molar-refractivity contribution in [3.05, 3.63) is 0 Å².